The van der Waals surface area contributed by atoms with Gasteiger partial charge < -0.3 is 24.6 Å². The molecule has 3 atom stereocenters. The number of aryl methyl sites for hydroxylation is 1. The van der Waals surface area contributed by atoms with Gasteiger partial charge in [0.1, 0.15) is 24.7 Å². The number of hydrogen-bond donors (Lipinski definition) is 2. The number of sulfonamides is 1. The summed E-state index contributed by atoms with van der Waals surface area (Å²) in [5.41, 5.74) is 0.517. The number of anilines is 1. The van der Waals surface area contributed by atoms with Crippen LogP contribution in [0.1, 0.15) is 24.2 Å². The van der Waals surface area contributed by atoms with Crippen molar-refractivity contribution >= 4 is 27.5 Å². The maximum absolute atomic E-state index is 13.6. The molecular formula is C23H31N9O6S. The first kappa shape index (κ1) is 28.1. The van der Waals surface area contributed by atoms with Gasteiger partial charge >= 0.3 is 0 Å². The molecule has 4 rings (SSSR count). The highest BCUT2D eigenvalue weighted by atomic mass is 32.2. The number of likely N-dealkylation sites (N-methyl/N-ethyl adjacent to an activating group) is 1. The molecule has 0 saturated heterocycles. The highest BCUT2D eigenvalue weighted by Crippen LogP contribution is 2.31. The topological polar surface area (TPSA) is 178 Å². The number of carbonyl (C=O) groups excluding carboxylic acids is 2. The number of nitrogens with one attached hydrogen (secondary N) is 1. The van der Waals surface area contributed by atoms with Gasteiger partial charge in [-0.3, -0.25) is 9.59 Å². The van der Waals surface area contributed by atoms with E-state index in [0.29, 0.717) is 5.69 Å². The lowest BCUT2D eigenvalue weighted by molar-refractivity contribution is -0.116. The van der Waals surface area contributed by atoms with Crippen LogP contribution in [0.3, 0.4) is 0 Å². The zero-order valence-electron chi connectivity index (χ0n) is 22.0. The predicted molar refractivity (Wildman–Crippen MR) is 137 cm³/mol. The predicted octanol–water partition coefficient (Wildman–Crippen LogP) is -0.414. The average molecular weight is 562 g/mol. The highest BCUT2D eigenvalue weighted by molar-refractivity contribution is 7.89. The lowest BCUT2D eigenvalue weighted by Gasteiger charge is -2.38. The average Bonchev–Trinajstić information content (AvgIpc) is 3.57. The minimum atomic E-state index is -3.89. The van der Waals surface area contributed by atoms with Gasteiger partial charge in [0.05, 0.1) is 31.1 Å². The number of fused-ring (bicyclic) bond motifs is 1. The van der Waals surface area contributed by atoms with Crippen LogP contribution in [0.15, 0.2) is 42.1 Å². The fourth-order valence-corrected chi connectivity index (χ4v) is 5.29. The molecule has 16 heteroatoms. The number of imidazole rings is 1. The van der Waals surface area contributed by atoms with Gasteiger partial charge in [-0.1, -0.05) is 6.92 Å². The van der Waals surface area contributed by atoms with Crippen LogP contribution in [0.4, 0.5) is 5.69 Å². The Bertz CT molecular complexity index is 1430. The lowest BCUT2D eigenvalue weighted by atomic mass is 9.99. The molecule has 2 aromatic heterocycles. The smallest absolute Gasteiger partial charge is 0.261 e. The second-order valence-electron chi connectivity index (χ2n) is 9.55. The molecule has 2 N–H and O–H groups in total. The van der Waals surface area contributed by atoms with Crippen LogP contribution in [0, 0.1) is 5.92 Å². The number of nitrogens with zero attached hydrogens (tertiary/aromatic N) is 8. The van der Waals surface area contributed by atoms with Gasteiger partial charge in [-0.2, -0.15) is 4.31 Å². The van der Waals surface area contributed by atoms with Crippen LogP contribution in [0.5, 0.6) is 5.75 Å². The molecule has 39 heavy (non-hydrogen) atoms. The molecular weight excluding hydrogens is 530 g/mol. The van der Waals surface area contributed by atoms with Crippen molar-refractivity contribution in [3.8, 4) is 5.75 Å². The summed E-state index contributed by atoms with van der Waals surface area (Å²) in [6.45, 7) is 3.37. The Balaban J connectivity index is 1.62. The van der Waals surface area contributed by atoms with Crippen LogP contribution in [0.25, 0.3) is 0 Å². The van der Waals surface area contributed by atoms with Gasteiger partial charge in [0.25, 0.3) is 15.9 Å². The third-order valence-electron chi connectivity index (χ3n) is 6.44. The standard InChI is InChI=1S/C23H31N9O6S/c1-15-8-32(16(2)12-33)23(35)18-7-17(26-21(34)10-31-14-25-27-28-31)5-6-19(18)38-20(15)9-30(4)39(36,37)22-11-29(3)13-24-22/h5-7,11,13-16,20,33H,8-10,12H2,1-4H3,(H,26,34)/t15-,16-,20-/m0/s1. The molecule has 0 radical (unpaired) electrons. The van der Waals surface area contributed by atoms with Crippen molar-refractivity contribution in [2.24, 2.45) is 13.0 Å². The van der Waals surface area contributed by atoms with E-state index in [0.717, 1.165) is 0 Å². The van der Waals surface area contributed by atoms with E-state index < -0.39 is 28.1 Å². The number of aromatic nitrogens is 6. The Morgan fingerprint density at radius 1 is 1.33 bits per heavy atom. The summed E-state index contributed by atoms with van der Waals surface area (Å²) < 4.78 is 36.4. The fourth-order valence-electron chi connectivity index (χ4n) is 4.15. The molecule has 0 unspecified atom stereocenters. The highest BCUT2D eigenvalue weighted by Gasteiger charge is 2.35. The van der Waals surface area contributed by atoms with E-state index in [2.05, 4.69) is 25.8 Å². The van der Waals surface area contributed by atoms with E-state index >= 15 is 0 Å². The maximum atomic E-state index is 13.6. The van der Waals surface area contributed by atoms with Gasteiger partial charge in [-0.25, -0.2) is 18.1 Å². The summed E-state index contributed by atoms with van der Waals surface area (Å²) >= 11 is 0. The first-order valence-corrected chi connectivity index (χ1v) is 13.6. The normalized spacial score (nSPS) is 18.7. The van der Waals surface area contributed by atoms with E-state index in [1.807, 2.05) is 6.92 Å². The van der Waals surface area contributed by atoms with Crippen molar-refractivity contribution < 1.29 is 27.9 Å². The molecule has 0 aliphatic carbocycles. The summed E-state index contributed by atoms with van der Waals surface area (Å²) in [5.74, 6) is -0.861. The molecule has 3 heterocycles. The molecule has 0 fully saturated rings. The number of aliphatic hydroxyl groups is 1. The lowest BCUT2D eigenvalue weighted by Crippen LogP contribution is -2.50. The molecule has 1 aromatic carbocycles. The summed E-state index contributed by atoms with van der Waals surface area (Å²) in [4.78, 5) is 31.5. The summed E-state index contributed by atoms with van der Waals surface area (Å²) in [7, 11) is -0.762. The van der Waals surface area contributed by atoms with E-state index in [1.54, 1.807) is 30.7 Å². The summed E-state index contributed by atoms with van der Waals surface area (Å²) in [5, 5.41) is 23.1. The van der Waals surface area contributed by atoms with Crippen LogP contribution in [0.2, 0.25) is 0 Å². The quantitative estimate of drug-likeness (QED) is 0.349. The van der Waals surface area contributed by atoms with E-state index in [4.69, 9.17) is 4.74 Å². The molecule has 0 saturated carbocycles. The Labute approximate surface area is 225 Å². The molecule has 2 amide bonds. The van der Waals surface area contributed by atoms with Gasteiger partial charge in [0.15, 0.2) is 5.03 Å². The van der Waals surface area contributed by atoms with Crippen molar-refractivity contribution in [2.45, 2.75) is 37.6 Å². The van der Waals surface area contributed by atoms with Crippen LogP contribution >= 0.6 is 0 Å². The van der Waals surface area contributed by atoms with Crippen LogP contribution < -0.4 is 10.1 Å². The van der Waals surface area contributed by atoms with Crippen molar-refractivity contribution in [1.29, 1.82) is 0 Å². The molecule has 3 aromatic rings. The third-order valence-corrected chi connectivity index (χ3v) is 8.15. The van der Waals surface area contributed by atoms with Gasteiger partial charge in [0.2, 0.25) is 5.91 Å². The number of carbonyl (C=O) groups is 2. The van der Waals surface area contributed by atoms with Crippen LogP contribution in [-0.4, -0.2) is 103 Å². The Hall–Kier alpha value is -3.89. The Morgan fingerprint density at radius 2 is 2.10 bits per heavy atom. The largest absolute Gasteiger partial charge is 0.488 e. The Kier molecular flexibility index (Phi) is 8.27. The Morgan fingerprint density at radius 3 is 2.74 bits per heavy atom. The van der Waals surface area contributed by atoms with E-state index in [9.17, 15) is 23.1 Å². The summed E-state index contributed by atoms with van der Waals surface area (Å²) in [6.07, 6.45) is 3.49. The number of aliphatic hydroxyl groups excluding tert-OH is 1. The SMILES string of the molecule is C[C@H]1CN([C@@H](C)CO)C(=O)c2cc(NC(=O)Cn3cnnn3)ccc2O[C@H]1CN(C)S(=O)(=O)c1cn(C)cn1. The molecule has 0 bridgehead atoms. The first-order chi connectivity index (χ1) is 18.5. The number of ether oxygens (including phenoxy) is 1. The van der Waals surface area contributed by atoms with Crippen molar-refractivity contribution in [3.63, 3.8) is 0 Å². The third kappa shape index (κ3) is 6.23. The zero-order chi connectivity index (χ0) is 28.3. The summed E-state index contributed by atoms with van der Waals surface area (Å²) in [6, 6.07) is 4.12. The number of benzene rings is 1. The monoisotopic (exact) mass is 561 g/mol. The fraction of sp³-hybridized carbons (Fsp3) is 0.478. The van der Waals surface area contributed by atoms with Gasteiger partial charge in [-0.15, -0.1) is 5.10 Å². The second kappa shape index (κ2) is 11.5. The number of rotatable bonds is 9. The minimum Gasteiger partial charge on any atom is -0.488 e. The van der Waals surface area contributed by atoms with Gasteiger partial charge in [-0.05, 0) is 35.5 Å². The zero-order valence-corrected chi connectivity index (χ0v) is 22.8. The minimum absolute atomic E-state index is 0.0144. The van der Waals surface area contributed by atoms with E-state index in [-0.39, 0.29) is 54.4 Å². The molecule has 210 valence electrons. The van der Waals surface area contributed by atoms with Crippen molar-refractivity contribution in [2.75, 3.05) is 32.1 Å². The number of tetrazole rings is 1. The second-order valence-corrected chi connectivity index (χ2v) is 11.5. The maximum Gasteiger partial charge on any atom is 0.261 e. The van der Waals surface area contributed by atoms with Crippen molar-refractivity contribution in [3.05, 3.63) is 42.6 Å². The molecule has 1 aliphatic rings. The number of amides is 2. The molecule has 0 spiro atoms. The first-order valence-electron chi connectivity index (χ1n) is 12.2. The van der Waals surface area contributed by atoms with Crippen LogP contribution in [-0.2, 0) is 28.4 Å². The molecule has 15 nitrogen and oxygen atoms in total. The number of hydrogen-bond acceptors (Lipinski definition) is 10. The van der Waals surface area contributed by atoms with E-state index in [1.165, 1.54) is 45.9 Å². The van der Waals surface area contributed by atoms with Gasteiger partial charge in [0, 0.05) is 38.4 Å². The van der Waals surface area contributed by atoms with Crippen molar-refractivity contribution in [1.82, 2.24) is 39.0 Å². The molecule has 1 aliphatic heterocycles.